The van der Waals surface area contributed by atoms with Crippen LogP contribution < -0.4 is 5.32 Å². The van der Waals surface area contributed by atoms with Gasteiger partial charge in [0.25, 0.3) is 0 Å². The molecular formula is C55H77NO14Si. The number of rotatable bonds is 13. The molecule has 4 fully saturated rings. The zero-order valence-corrected chi connectivity index (χ0v) is 45.3. The Bertz CT molecular complexity index is 2370. The molecule has 16 heteroatoms. The molecule has 2 heterocycles. The molecule has 2 bridgehead atoms. The van der Waals surface area contributed by atoms with Gasteiger partial charge in [0, 0.05) is 30.6 Å². The molecule has 5 aliphatic rings. The molecule has 0 unspecified atom stereocenters. The highest BCUT2D eigenvalue weighted by molar-refractivity contribution is 6.74. The predicted octanol–water partition coefficient (Wildman–Crippen LogP) is 9.09. The van der Waals surface area contributed by atoms with Crippen molar-refractivity contribution in [1.82, 2.24) is 5.32 Å². The summed E-state index contributed by atoms with van der Waals surface area (Å²) in [6, 6.07) is 16.4. The summed E-state index contributed by atoms with van der Waals surface area (Å²) in [6.45, 7) is 31.9. The molecule has 3 aliphatic carbocycles. The molecule has 1 amide bonds. The monoisotopic (exact) mass is 1000 g/mol. The van der Waals surface area contributed by atoms with Gasteiger partial charge in [-0.05, 0) is 88.5 Å². The van der Waals surface area contributed by atoms with Gasteiger partial charge >= 0.3 is 24.0 Å². The van der Waals surface area contributed by atoms with Crippen LogP contribution in [-0.4, -0.2) is 116 Å². The van der Waals surface area contributed by atoms with Crippen LogP contribution in [0.3, 0.4) is 0 Å². The fraction of sp³-hybridized carbons (Fsp3) is 0.636. The lowest BCUT2D eigenvalue weighted by Crippen LogP contribution is -2.82. The maximum absolute atomic E-state index is 15.6. The molecule has 12 atom stereocenters. The van der Waals surface area contributed by atoms with Gasteiger partial charge in [-0.2, -0.15) is 0 Å². The summed E-state index contributed by atoms with van der Waals surface area (Å²) >= 11 is 0. The minimum absolute atomic E-state index is 0.0820. The number of alkyl carbamates (subject to hydrolysis) is 1. The van der Waals surface area contributed by atoms with Crippen molar-refractivity contribution in [2.75, 3.05) is 13.2 Å². The molecule has 71 heavy (non-hydrogen) atoms. The number of benzene rings is 2. The van der Waals surface area contributed by atoms with E-state index in [1.54, 1.807) is 81.4 Å². The van der Waals surface area contributed by atoms with Crippen molar-refractivity contribution >= 4 is 32.3 Å². The van der Waals surface area contributed by atoms with E-state index in [2.05, 4.69) is 11.9 Å². The van der Waals surface area contributed by atoms with E-state index in [1.165, 1.54) is 6.92 Å². The molecule has 2 saturated heterocycles. The Kier molecular flexibility index (Phi) is 14.6. The molecule has 15 nitrogen and oxygen atoms in total. The van der Waals surface area contributed by atoms with E-state index in [1.807, 2.05) is 81.5 Å². The molecule has 0 spiro atoms. The van der Waals surface area contributed by atoms with Crippen molar-refractivity contribution in [1.29, 1.82) is 0 Å². The first kappa shape index (κ1) is 54.4. The van der Waals surface area contributed by atoms with Crippen LogP contribution in [0.25, 0.3) is 0 Å². The number of aliphatic hydroxyl groups is 1. The quantitative estimate of drug-likeness (QED) is 0.0838. The van der Waals surface area contributed by atoms with Crippen LogP contribution in [0.2, 0.25) is 18.1 Å². The zero-order chi connectivity index (χ0) is 52.5. The predicted molar refractivity (Wildman–Crippen MR) is 266 cm³/mol. The SMILES string of the molecule is C=CCO[C@H]1C[C@H]2OC[C@@]2(OC(C)=O)[C@H]2[C@H](OC(=O)c3ccccc3)[C@]3(O)C[C@H](OC(=O)[C@H](O[Si](C)(C)C(C)(C)C)[C@@H](NC(=O)OC(C)(C)C)c4ccccc4)C(C)=C([C@H]4OC(C)(C)O[C@H]4[C@]12C)C3(C)C. The van der Waals surface area contributed by atoms with Crippen LogP contribution in [0.1, 0.15) is 125 Å². The molecule has 0 radical (unpaired) electrons. The van der Waals surface area contributed by atoms with Crippen molar-refractivity contribution in [3.8, 4) is 0 Å². The van der Waals surface area contributed by atoms with E-state index < -0.39 is 125 Å². The molecule has 2 aliphatic heterocycles. The Balaban J connectivity index is 1.46. The van der Waals surface area contributed by atoms with Crippen LogP contribution in [0, 0.1) is 16.7 Å². The number of carbonyl (C=O) groups is 4. The highest BCUT2D eigenvalue weighted by Gasteiger charge is 2.79. The molecule has 7 rings (SSSR count). The standard InChI is InChI=1S/C55H77NO14Si/c1-17-28-62-37-29-38-54(31-63-38,66-33(3)57)43-45(65-46(58)35-26-22-19-23-27-35)55(61)30-36(32(2)39(51(55,10)11)41-44(53(37,43)14)68-52(12,13)67-41)64-47(59)42(70-71(15,16)50(7,8)9)40(34-24-20-18-21-25-34)56-48(60)69-49(4,5)6/h17-27,36-38,40-45,61H,1,28-31H2,2-16H3,(H,56,60)/t36-,37-,38+,40-,41+,42+,43-,44+,45-,53+,54-,55+/m0/s1. The molecule has 2 aromatic carbocycles. The van der Waals surface area contributed by atoms with Gasteiger partial charge < -0.3 is 52.7 Å². The second-order valence-electron chi connectivity index (χ2n) is 23.8. The zero-order valence-electron chi connectivity index (χ0n) is 44.3. The fourth-order valence-corrected chi connectivity index (χ4v) is 12.9. The van der Waals surface area contributed by atoms with E-state index in [0.717, 1.165) is 0 Å². The molecule has 2 N–H and O–H groups in total. The lowest BCUT2D eigenvalue weighted by atomic mass is 9.44. The summed E-state index contributed by atoms with van der Waals surface area (Å²) in [5.41, 5.74) is -5.10. The van der Waals surface area contributed by atoms with Gasteiger partial charge in [0.05, 0.1) is 42.9 Å². The maximum Gasteiger partial charge on any atom is 0.408 e. The van der Waals surface area contributed by atoms with Gasteiger partial charge in [-0.1, -0.05) is 96.1 Å². The second-order valence-corrected chi connectivity index (χ2v) is 28.6. The maximum atomic E-state index is 15.6. The van der Waals surface area contributed by atoms with Crippen LogP contribution in [0.15, 0.2) is 84.5 Å². The average Bonchev–Trinajstić information content (AvgIpc) is 3.58. The third-order valence-electron chi connectivity index (χ3n) is 16.1. The first-order chi connectivity index (χ1) is 32.8. The number of carbonyl (C=O) groups excluding carboxylic acids is 4. The topological polar surface area (TPSA) is 184 Å². The summed E-state index contributed by atoms with van der Waals surface area (Å²) in [6.07, 6.45) is -6.58. The van der Waals surface area contributed by atoms with E-state index in [0.29, 0.717) is 16.7 Å². The smallest absolute Gasteiger partial charge is 0.408 e. The number of ether oxygens (including phenoxy) is 8. The molecule has 2 aromatic rings. The lowest BCUT2D eigenvalue weighted by molar-refractivity contribution is -0.365. The summed E-state index contributed by atoms with van der Waals surface area (Å²) in [5, 5.41) is 16.9. The summed E-state index contributed by atoms with van der Waals surface area (Å²) in [5.74, 6) is -4.46. The number of hydrogen-bond acceptors (Lipinski definition) is 14. The Morgan fingerprint density at radius 2 is 1.55 bits per heavy atom. The minimum atomic E-state index is -2.87. The van der Waals surface area contributed by atoms with Crippen molar-refractivity contribution in [2.24, 2.45) is 16.7 Å². The van der Waals surface area contributed by atoms with Gasteiger partial charge in [0.2, 0.25) is 0 Å². The molecular weight excluding hydrogens is 927 g/mol. The van der Waals surface area contributed by atoms with Crippen LogP contribution in [0.5, 0.6) is 0 Å². The van der Waals surface area contributed by atoms with Gasteiger partial charge in [0.15, 0.2) is 25.8 Å². The van der Waals surface area contributed by atoms with Crippen molar-refractivity contribution < 1.29 is 66.6 Å². The van der Waals surface area contributed by atoms with E-state index >= 15 is 4.79 Å². The van der Waals surface area contributed by atoms with Crippen molar-refractivity contribution in [2.45, 2.75) is 192 Å². The first-order valence-electron chi connectivity index (χ1n) is 24.8. The van der Waals surface area contributed by atoms with Crippen molar-refractivity contribution in [3.63, 3.8) is 0 Å². The summed E-state index contributed by atoms with van der Waals surface area (Å²) < 4.78 is 60.0. The van der Waals surface area contributed by atoms with Crippen LogP contribution >= 0.6 is 0 Å². The third-order valence-corrected chi connectivity index (χ3v) is 20.6. The van der Waals surface area contributed by atoms with Crippen LogP contribution in [-0.2, 0) is 51.9 Å². The highest BCUT2D eigenvalue weighted by Crippen LogP contribution is 2.68. The van der Waals surface area contributed by atoms with E-state index in [-0.39, 0.29) is 31.6 Å². The first-order valence-corrected chi connectivity index (χ1v) is 27.8. The van der Waals surface area contributed by atoms with Crippen LogP contribution in [0.4, 0.5) is 4.79 Å². The molecule has 390 valence electrons. The molecule has 2 saturated carbocycles. The van der Waals surface area contributed by atoms with Gasteiger partial charge in [0.1, 0.15) is 35.6 Å². The number of amides is 1. The average molecular weight is 1000 g/mol. The van der Waals surface area contributed by atoms with Crippen molar-refractivity contribution in [3.05, 3.63) is 95.6 Å². The normalized spacial score (nSPS) is 32.7. The second kappa shape index (κ2) is 19.1. The third kappa shape index (κ3) is 9.91. The largest absolute Gasteiger partial charge is 0.456 e. The number of fused-ring (bicyclic) bond motifs is 8. The number of nitrogens with one attached hydrogen (secondary N) is 1. The fourth-order valence-electron chi connectivity index (χ4n) is 11.7. The van der Waals surface area contributed by atoms with Gasteiger partial charge in [-0.15, -0.1) is 6.58 Å². The molecule has 0 aromatic heterocycles. The Morgan fingerprint density at radius 3 is 2.10 bits per heavy atom. The number of esters is 3. The van der Waals surface area contributed by atoms with E-state index in [4.69, 9.17) is 42.3 Å². The Morgan fingerprint density at radius 1 is 0.930 bits per heavy atom. The summed E-state index contributed by atoms with van der Waals surface area (Å²) in [7, 11) is -2.87. The number of hydrogen-bond donors (Lipinski definition) is 2. The Hall–Kier alpha value is -4.42. The van der Waals surface area contributed by atoms with Gasteiger partial charge in [-0.3, -0.25) is 4.79 Å². The van der Waals surface area contributed by atoms with E-state index in [9.17, 15) is 19.5 Å². The lowest BCUT2D eigenvalue weighted by Gasteiger charge is -2.69. The highest BCUT2D eigenvalue weighted by atomic mass is 28.4. The Labute approximate surface area is 420 Å². The van der Waals surface area contributed by atoms with Gasteiger partial charge in [-0.25, -0.2) is 14.4 Å². The minimum Gasteiger partial charge on any atom is -0.456 e. The summed E-state index contributed by atoms with van der Waals surface area (Å²) in [4.78, 5) is 57.6.